The van der Waals surface area contributed by atoms with Gasteiger partial charge < -0.3 is 19.7 Å². The minimum absolute atomic E-state index is 0. The molecule has 1 atom stereocenters. The summed E-state index contributed by atoms with van der Waals surface area (Å²) in [6.45, 7) is 3.34. The van der Waals surface area contributed by atoms with Gasteiger partial charge in [0.2, 0.25) is 5.91 Å². The quantitative estimate of drug-likeness (QED) is 0.697. The molecule has 18 heavy (non-hydrogen) atoms. The Hall–Kier alpha value is -0.360. The van der Waals surface area contributed by atoms with E-state index in [2.05, 4.69) is 5.32 Å². The molecule has 1 aliphatic heterocycles. The lowest BCUT2D eigenvalue weighted by atomic mass is 10.1. The topological polar surface area (TPSA) is 50.8 Å². The number of nitrogens with one attached hydrogen (secondary N) is 1. The van der Waals surface area contributed by atoms with Gasteiger partial charge in [-0.25, -0.2) is 0 Å². The van der Waals surface area contributed by atoms with Gasteiger partial charge in [-0.05, 0) is 19.9 Å². The van der Waals surface area contributed by atoms with Crippen LogP contribution in [0, 0.1) is 0 Å². The largest absolute Gasteiger partial charge is 0.382 e. The van der Waals surface area contributed by atoms with Crippen LogP contribution in [0.3, 0.4) is 0 Å². The molecule has 1 rings (SSSR count). The van der Waals surface area contributed by atoms with Gasteiger partial charge in [0.25, 0.3) is 0 Å². The van der Waals surface area contributed by atoms with E-state index >= 15 is 0 Å². The van der Waals surface area contributed by atoms with Crippen LogP contribution in [0.15, 0.2) is 0 Å². The molecule has 0 aromatic rings. The third-order valence-electron chi connectivity index (χ3n) is 3.07. The molecule has 1 amide bonds. The molecule has 0 saturated carbocycles. The minimum atomic E-state index is 0. The first kappa shape index (κ1) is 17.6. The zero-order valence-electron chi connectivity index (χ0n) is 11.3. The highest BCUT2D eigenvalue weighted by atomic mass is 35.5. The Bertz CT molecular complexity index is 229. The molecule has 0 aromatic carbocycles. The van der Waals surface area contributed by atoms with Crippen LogP contribution in [-0.2, 0) is 14.3 Å². The van der Waals surface area contributed by atoms with Crippen LogP contribution in [0.2, 0.25) is 0 Å². The van der Waals surface area contributed by atoms with E-state index in [1.165, 1.54) is 0 Å². The molecule has 6 heteroatoms. The molecular formula is C12H25ClN2O3. The molecule has 1 heterocycles. The lowest BCUT2D eigenvalue weighted by Crippen LogP contribution is -2.47. The van der Waals surface area contributed by atoms with Crippen LogP contribution in [-0.4, -0.2) is 63.9 Å². The Morgan fingerprint density at radius 3 is 2.83 bits per heavy atom. The van der Waals surface area contributed by atoms with Gasteiger partial charge in [0.1, 0.15) is 0 Å². The molecule has 1 N–H and O–H groups in total. The number of rotatable bonds is 7. The van der Waals surface area contributed by atoms with Crippen molar-refractivity contribution in [2.24, 2.45) is 0 Å². The lowest BCUT2D eigenvalue weighted by molar-refractivity contribution is -0.133. The van der Waals surface area contributed by atoms with Gasteiger partial charge in [0.15, 0.2) is 0 Å². The highest BCUT2D eigenvalue weighted by Gasteiger charge is 2.21. The zero-order valence-corrected chi connectivity index (χ0v) is 12.1. The van der Waals surface area contributed by atoms with Crippen molar-refractivity contribution in [2.45, 2.75) is 25.3 Å². The van der Waals surface area contributed by atoms with E-state index in [1.54, 1.807) is 7.11 Å². The van der Waals surface area contributed by atoms with Gasteiger partial charge in [0, 0.05) is 26.2 Å². The maximum Gasteiger partial charge on any atom is 0.224 e. The number of carbonyl (C=O) groups excluding carboxylic acids is 1. The minimum Gasteiger partial charge on any atom is -0.382 e. The first-order valence-corrected chi connectivity index (χ1v) is 6.29. The average molecular weight is 281 g/mol. The van der Waals surface area contributed by atoms with Crippen molar-refractivity contribution >= 4 is 18.3 Å². The Labute approximate surface area is 116 Å². The van der Waals surface area contributed by atoms with Crippen LogP contribution in [0.5, 0.6) is 0 Å². The molecule has 1 saturated heterocycles. The van der Waals surface area contributed by atoms with Crippen molar-refractivity contribution in [3.05, 3.63) is 0 Å². The van der Waals surface area contributed by atoms with Crippen LogP contribution < -0.4 is 5.32 Å². The molecule has 0 aromatic heterocycles. The molecule has 108 valence electrons. The number of halogens is 1. The maximum absolute atomic E-state index is 11.9. The fraction of sp³-hybridized carbons (Fsp3) is 0.917. The molecular weight excluding hydrogens is 256 g/mol. The number of hydrogen-bond acceptors (Lipinski definition) is 4. The van der Waals surface area contributed by atoms with Gasteiger partial charge in [-0.15, -0.1) is 12.4 Å². The van der Waals surface area contributed by atoms with E-state index in [1.807, 2.05) is 11.9 Å². The number of amides is 1. The summed E-state index contributed by atoms with van der Waals surface area (Å²) in [5.74, 6) is 0.197. The molecule has 1 unspecified atom stereocenters. The van der Waals surface area contributed by atoms with E-state index < -0.39 is 0 Å². The first-order valence-electron chi connectivity index (χ1n) is 6.29. The number of likely N-dealkylation sites (tertiary alicyclic amines) is 1. The molecule has 1 aliphatic rings. The summed E-state index contributed by atoms with van der Waals surface area (Å²) in [6.07, 6.45) is 2.71. The SMILES string of the molecule is CNC1CCCN(C(=O)CCOCCOC)C1.Cl. The maximum atomic E-state index is 11.9. The van der Waals surface area contributed by atoms with E-state index in [9.17, 15) is 4.79 Å². The number of likely N-dealkylation sites (N-methyl/N-ethyl adjacent to an activating group) is 1. The van der Waals surface area contributed by atoms with Gasteiger partial charge >= 0.3 is 0 Å². The molecule has 0 radical (unpaired) electrons. The summed E-state index contributed by atoms with van der Waals surface area (Å²) in [4.78, 5) is 13.8. The first-order chi connectivity index (χ1) is 8.27. The Kier molecular flexibility index (Phi) is 10.3. The summed E-state index contributed by atoms with van der Waals surface area (Å²) < 4.78 is 10.2. The van der Waals surface area contributed by atoms with E-state index in [0.717, 1.165) is 25.9 Å². The van der Waals surface area contributed by atoms with Gasteiger partial charge in [0.05, 0.1) is 26.2 Å². The standard InChI is InChI=1S/C12H24N2O3.ClH/c1-13-11-4-3-6-14(10-11)12(15)5-7-17-9-8-16-2;/h11,13H,3-10H2,1-2H3;1H. The molecule has 0 spiro atoms. The summed E-state index contributed by atoms with van der Waals surface area (Å²) in [5.41, 5.74) is 0. The second-order valence-electron chi connectivity index (χ2n) is 4.32. The van der Waals surface area contributed by atoms with Gasteiger partial charge in [-0.2, -0.15) is 0 Å². The summed E-state index contributed by atoms with van der Waals surface area (Å²) in [6, 6.07) is 0.446. The van der Waals surface area contributed by atoms with Crippen molar-refractivity contribution in [1.29, 1.82) is 0 Å². The van der Waals surface area contributed by atoms with Crippen molar-refractivity contribution < 1.29 is 14.3 Å². The Morgan fingerprint density at radius 1 is 1.39 bits per heavy atom. The predicted octanol–water partition coefficient (Wildman–Crippen LogP) is 0.672. The Balaban J connectivity index is 0.00000289. The van der Waals surface area contributed by atoms with E-state index in [4.69, 9.17) is 9.47 Å². The Morgan fingerprint density at radius 2 is 2.17 bits per heavy atom. The van der Waals surface area contributed by atoms with Gasteiger partial charge in [-0.3, -0.25) is 4.79 Å². The smallest absolute Gasteiger partial charge is 0.224 e. The van der Waals surface area contributed by atoms with Crippen LogP contribution in [0.1, 0.15) is 19.3 Å². The van der Waals surface area contributed by atoms with Crippen LogP contribution >= 0.6 is 12.4 Å². The third-order valence-corrected chi connectivity index (χ3v) is 3.07. The fourth-order valence-corrected chi connectivity index (χ4v) is 2.00. The monoisotopic (exact) mass is 280 g/mol. The van der Waals surface area contributed by atoms with Crippen LogP contribution in [0.4, 0.5) is 0 Å². The van der Waals surface area contributed by atoms with Crippen molar-refractivity contribution in [3.63, 3.8) is 0 Å². The summed E-state index contributed by atoms with van der Waals surface area (Å²) in [5, 5.41) is 3.23. The summed E-state index contributed by atoms with van der Waals surface area (Å²) in [7, 11) is 3.59. The zero-order chi connectivity index (χ0) is 12.5. The third kappa shape index (κ3) is 6.54. The molecule has 5 nitrogen and oxygen atoms in total. The average Bonchev–Trinajstić information content (AvgIpc) is 2.38. The van der Waals surface area contributed by atoms with E-state index in [0.29, 0.717) is 32.3 Å². The predicted molar refractivity (Wildman–Crippen MR) is 73.2 cm³/mol. The van der Waals surface area contributed by atoms with Crippen molar-refractivity contribution in [3.8, 4) is 0 Å². The normalized spacial score (nSPS) is 19.4. The van der Waals surface area contributed by atoms with Crippen molar-refractivity contribution in [2.75, 3.05) is 47.1 Å². The molecule has 0 bridgehead atoms. The lowest BCUT2D eigenvalue weighted by Gasteiger charge is -2.32. The number of ether oxygens (including phenoxy) is 2. The number of hydrogen-bond donors (Lipinski definition) is 1. The fourth-order valence-electron chi connectivity index (χ4n) is 2.00. The number of piperidine rings is 1. The van der Waals surface area contributed by atoms with E-state index in [-0.39, 0.29) is 18.3 Å². The second-order valence-corrected chi connectivity index (χ2v) is 4.32. The summed E-state index contributed by atoms with van der Waals surface area (Å²) >= 11 is 0. The highest BCUT2D eigenvalue weighted by molar-refractivity contribution is 5.85. The van der Waals surface area contributed by atoms with Crippen LogP contribution in [0.25, 0.3) is 0 Å². The molecule has 0 aliphatic carbocycles. The number of nitrogens with zero attached hydrogens (tertiary/aromatic N) is 1. The number of methoxy groups -OCH3 is 1. The second kappa shape index (κ2) is 10.6. The number of carbonyl (C=O) groups is 1. The van der Waals surface area contributed by atoms with Crippen molar-refractivity contribution in [1.82, 2.24) is 10.2 Å². The molecule has 1 fully saturated rings. The highest BCUT2D eigenvalue weighted by Crippen LogP contribution is 2.10. The van der Waals surface area contributed by atoms with Gasteiger partial charge in [-0.1, -0.05) is 0 Å².